The Balaban J connectivity index is 1.37. The molecule has 0 saturated carbocycles. The average molecular weight is 393 g/mol. The molecule has 1 aromatic carbocycles. The van der Waals surface area contributed by atoms with Gasteiger partial charge in [-0.05, 0) is 43.6 Å². The van der Waals surface area contributed by atoms with Gasteiger partial charge in [0.25, 0.3) is 0 Å². The second-order valence-electron chi connectivity index (χ2n) is 7.01. The van der Waals surface area contributed by atoms with E-state index in [-0.39, 0.29) is 11.9 Å². The molecule has 0 radical (unpaired) electrons. The highest BCUT2D eigenvalue weighted by Gasteiger charge is 2.23. The first-order valence-electron chi connectivity index (χ1n) is 9.71. The largest absolute Gasteiger partial charge is 0.354 e. The van der Waals surface area contributed by atoms with E-state index in [1.807, 2.05) is 29.6 Å². The first kappa shape index (κ1) is 18.8. The molecule has 0 aliphatic carbocycles. The van der Waals surface area contributed by atoms with Crippen molar-refractivity contribution >= 4 is 17.2 Å². The van der Waals surface area contributed by atoms with Gasteiger partial charge in [-0.15, -0.1) is 11.3 Å². The first-order valence-corrected chi connectivity index (χ1v) is 10.6. The van der Waals surface area contributed by atoms with Gasteiger partial charge in [-0.1, -0.05) is 36.4 Å². The molecule has 0 bridgehead atoms. The third kappa shape index (κ3) is 4.64. The highest BCUT2D eigenvalue weighted by atomic mass is 32.1. The number of likely N-dealkylation sites (tertiary alicyclic amines) is 1. The molecule has 6 heteroatoms. The standard InChI is InChI=1S/C22H24N4OS/c27-21(14-18-16-28-22(25-18)19-10-4-5-11-23-19)24-15-20(26-12-6-7-13-26)17-8-2-1-3-9-17/h1-5,8-11,16,20H,6-7,12-15H2,(H,24,27)/t20-/m0/s1. The maximum Gasteiger partial charge on any atom is 0.226 e. The van der Waals surface area contributed by atoms with Gasteiger partial charge in [0.1, 0.15) is 5.01 Å². The molecule has 1 saturated heterocycles. The van der Waals surface area contributed by atoms with Gasteiger partial charge in [0.15, 0.2) is 0 Å². The van der Waals surface area contributed by atoms with Crippen LogP contribution in [-0.4, -0.2) is 40.4 Å². The van der Waals surface area contributed by atoms with Crippen LogP contribution in [0.2, 0.25) is 0 Å². The molecular weight excluding hydrogens is 368 g/mol. The van der Waals surface area contributed by atoms with Crippen molar-refractivity contribution in [1.29, 1.82) is 0 Å². The van der Waals surface area contributed by atoms with Gasteiger partial charge in [0, 0.05) is 18.1 Å². The SMILES string of the molecule is O=C(Cc1csc(-c2ccccn2)n1)NC[C@@H](c1ccccc1)N1CCCC1. The molecule has 1 amide bonds. The molecule has 2 aromatic heterocycles. The summed E-state index contributed by atoms with van der Waals surface area (Å²) in [6, 6.07) is 16.4. The van der Waals surface area contributed by atoms with E-state index in [9.17, 15) is 4.79 Å². The second-order valence-corrected chi connectivity index (χ2v) is 7.87. The van der Waals surface area contributed by atoms with E-state index in [0.29, 0.717) is 13.0 Å². The Morgan fingerprint density at radius 1 is 1.11 bits per heavy atom. The molecule has 28 heavy (non-hydrogen) atoms. The van der Waals surface area contributed by atoms with Crippen molar-refractivity contribution in [3.8, 4) is 10.7 Å². The smallest absolute Gasteiger partial charge is 0.226 e. The number of nitrogens with one attached hydrogen (secondary N) is 1. The van der Waals surface area contributed by atoms with Gasteiger partial charge >= 0.3 is 0 Å². The average Bonchev–Trinajstić information content (AvgIpc) is 3.42. The predicted octanol–water partition coefficient (Wildman–Crippen LogP) is 3.70. The van der Waals surface area contributed by atoms with Gasteiger partial charge in [-0.2, -0.15) is 0 Å². The summed E-state index contributed by atoms with van der Waals surface area (Å²) in [5.74, 6) is 0.0120. The van der Waals surface area contributed by atoms with Crippen LogP contribution in [0.25, 0.3) is 10.7 Å². The topological polar surface area (TPSA) is 58.1 Å². The molecule has 4 rings (SSSR count). The van der Waals surface area contributed by atoms with Crippen LogP contribution in [0.3, 0.4) is 0 Å². The Kier molecular flexibility index (Phi) is 6.09. The van der Waals surface area contributed by atoms with Crippen LogP contribution in [0.5, 0.6) is 0 Å². The zero-order valence-corrected chi connectivity index (χ0v) is 16.6. The van der Waals surface area contributed by atoms with E-state index in [1.165, 1.54) is 29.7 Å². The van der Waals surface area contributed by atoms with Gasteiger partial charge in [0.05, 0.1) is 23.9 Å². The Hall–Kier alpha value is -2.57. The van der Waals surface area contributed by atoms with Crippen LogP contribution in [0.4, 0.5) is 0 Å². The maximum absolute atomic E-state index is 12.5. The van der Waals surface area contributed by atoms with Crippen molar-refractivity contribution < 1.29 is 4.79 Å². The fourth-order valence-corrected chi connectivity index (χ4v) is 4.41. The quantitative estimate of drug-likeness (QED) is 0.666. The number of thiazole rings is 1. The van der Waals surface area contributed by atoms with E-state index in [4.69, 9.17) is 0 Å². The van der Waals surface area contributed by atoms with Gasteiger partial charge < -0.3 is 5.32 Å². The van der Waals surface area contributed by atoms with E-state index in [2.05, 4.69) is 44.5 Å². The number of amides is 1. The lowest BCUT2D eigenvalue weighted by atomic mass is 10.1. The minimum Gasteiger partial charge on any atom is -0.354 e. The Labute approximate surface area is 169 Å². The highest BCUT2D eigenvalue weighted by Crippen LogP contribution is 2.25. The number of hydrogen-bond acceptors (Lipinski definition) is 5. The van der Waals surface area contributed by atoms with Crippen molar-refractivity contribution in [2.24, 2.45) is 0 Å². The number of carbonyl (C=O) groups is 1. The molecule has 1 atom stereocenters. The summed E-state index contributed by atoms with van der Waals surface area (Å²) in [5.41, 5.74) is 2.90. The molecule has 144 valence electrons. The zero-order chi connectivity index (χ0) is 19.2. The maximum atomic E-state index is 12.5. The Morgan fingerprint density at radius 3 is 2.64 bits per heavy atom. The fourth-order valence-electron chi connectivity index (χ4n) is 3.62. The molecule has 0 spiro atoms. The monoisotopic (exact) mass is 392 g/mol. The molecule has 5 nitrogen and oxygen atoms in total. The third-order valence-electron chi connectivity index (χ3n) is 5.04. The number of aromatic nitrogens is 2. The van der Waals surface area contributed by atoms with Crippen LogP contribution in [0.15, 0.2) is 60.1 Å². The zero-order valence-electron chi connectivity index (χ0n) is 15.8. The van der Waals surface area contributed by atoms with Crippen LogP contribution in [0.1, 0.15) is 30.1 Å². The van der Waals surface area contributed by atoms with Crippen LogP contribution in [-0.2, 0) is 11.2 Å². The Bertz CT molecular complexity index is 891. The van der Waals surface area contributed by atoms with E-state index in [1.54, 1.807) is 6.20 Å². The number of rotatable bonds is 7. The number of benzene rings is 1. The van der Waals surface area contributed by atoms with E-state index >= 15 is 0 Å². The second kappa shape index (κ2) is 9.08. The highest BCUT2D eigenvalue weighted by molar-refractivity contribution is 7.13. The lowest BCUT2D eigenvalue weighted by Gasteiger charge is -2.28. The molecule has 0 unspecified atom stereocenters. The van der Waals surface area contributed by atoms with Crippen molar-refractivity contribution in [3.05, 3.63) is 71.4 Å². The molecular formula is C22H24N4OS. The molecule has 1 aliphatic heterocycles. The molecule has 1 aliphatic rings. The minimum absolute atomic E-state index is 0.0120. The summed E-state index contributed by atoms with van der Waals surface area (Å²) in [7, 11) is 0. The van der Waals surface area contributed by atoms with Crippen LogP contribution < -0.4 is 5.32 Å². The molecule has 3 aromatic rings. The van der Waals surface area contributed by atoms with Crippen molar-refractivity contribution in [2.45, 2.75) is 25.3 Å². The van der Waals surface area contributed by atoms with Crippen LogP contribution in [0, 0.1) is 0 Å². The first-order chi connectivity index (χ1) is 13.8. The normalized spacial score (nSPS) is 15.4. The van der Waals surface area contributed by atoms with E-state index < -0.39 is 0 Å². The molecule has 1 N–H and O–H groups in total. The number of nitrogens with zero attached hydrogens (tertiary/aromatic N) is 3. The van der Waals surface area contributed by atoms with Gasteiger partial charge in [-0.3, -0.25) is 14.7 Å². The summed E-state index contributed by atoms with van der Waals surface area (Å²) in [6.45, 7) is 2.81. The Morgan fingerprint density at radius 2 is 1.89 bits per heavy atom. The van der Waals surface area contributed by atoms with Crippen molar-refractivity contribution in [3.63, 3.8) is 0 Å². The van der Waals surface area contributed by atoms with Crippen LogP contribution >= 0.6 is 11.3 Å². The minimum atomic E-state index is 0.0120. The van der Waals surface area contributed by atoms with Gasteiger partial charge in [-0.25, -0.2) is 4.98 Å². The lowest BCUT2D eigenvalue weighted by molar-refractivity contribution is -0.120. The molecule has 1 fully saturated rings. The summed E-state index contributed by atoms with van der Waals surface area (Å²) < 4.78 is 0. The summed E-state index contributed by atoms with van der Waals surface area (Å²) in [5, 5.41) is 5.92. The van der Waals surface area contributed by atoms with Gasteiger partial charge in [0.2, 0.25) is 5.91 Å². The third-order valence-corrected chi connectivity index (χ3v) is 5.95. The summed E-state index contributed by atoms with van der Waals surface area (Å²) in [6.07, 6.45) is 4.51. The number of carbonyl (C=O) groups excluding carboxylic acids is 1. The van der Waals surface area contributed by atoms with E-state index in [0.717, 1.165) is 29.5 Å². The van der Waals surface area contributed by atoms with Crippen molar-refractivity contribution in [1.82, 2.24) is 20.2 Å². The van der Waals surface area contributed by atoms with Crippen molar-refractivity contribution in [2.75, 3.05) is 19.6 Å². The predicted molar refractivity (Wildman–Crippen MR) is 112 cm³/mol. The summed E-state index contributed by atoms with van der Waals surface area (Å²) >= 11 is 1.52. The fraction of sp³-hybridized carbons (Fsp3) is 0.318. The molecule has 3 heterocycles. The number of hydrogen-bond donors (Lipinski definition) is 1. The summed E-state index contributed by atoms with van der Waals surface area (Å²) in [4.78, 5) is 23.9. The number of pyridine rings is 1. The lowest BCUT2D eigenvalue weighted by Crippen LogP contribution is -2.37.